The molecule has 6 rings (SSSR count). The van der Waals surface area contributed by atoms with Crippen molar-refractivity contribution in [2.75, 3.05) is 6.61 Å². The lowest BCUT2D eigenvalue weighted by molar-refractivity contribution is 0.330. The van der Waals surface area contributed by atoms with Crippen molar-refractivity contribution in [1.29, 1.82) is 0 Å². The number of ether oxygens (including phenoxy) is 1. The molecule has 0 spiro atoms. The van der Waals surface area contributed by atoms with Crippen LogP contribution in [0.2, 0.25) is 0 Å². The number of hydrogen-bond acceptors (Lipinski definition) is 6. The van der Waals surface area contributed by atoms with Crippen molar-refractivity contribution in [3.05, 3.63) is 86.4 Å². The van der Waals surface area contributed by atoms with Gasteiger partial charge < -0.3 is 13.6 Å². The molecule has 146 valence electrons. The van der Waals surface area contributed by atoms with Crippen LogP contribution >= 0.6 is 11.3 Å². The molecule has 2 aromatic carbocycles. The summed E-state index contributed by atoms with van der Waals surface area (Å²) in [5.41, 5.74) is 0.114. The van der Waals surface area contributed by atoms with Crippen molar-refractivity contribution >= 4 is 32.9 Å². The van der Waals surface area contributed by atoms with Crippen LogP contribution in [-0.2, 0) is 6.42 Å². The fraction of sp³-hybridized carbons (Fsp3) is 0.0833. The Morgan fingerprint density at radius 3 is 2.60 bits per heavy atom. The first-order chi connectivity index (χ1) is 14.7. The normalized spacial score (nSPS) is 12.9. The Morgan fingerprint density at radius 1 is 0.867 bits per heavy atom. The van der Waals surface area contributed by atoms with Crippen molar-refractivity contribution in [3.8, 4) is 27.7 Å². The second-order valence-electron chi connectivity index (χ2n) is 7.12. The summed E-state index contributed by atoms with van der Waals surface area (Å²) in [5.74, 6) is 1.59. The highest BCUT2D eigenvalue weighted by Gasteiger charge is 2.25. The van der Waals surface area contributed by atoms with E-state index in [1.54, 1.807) is 6.07 Å². The van der Waals surface area contributed by atoms with Crippen molar-refractivity contribution in [3.63, 3.8) is 0 Å². The van der Waals surface area contributed by atoms with Crippen LogP contribution in [0.3, 0.4) is 0 Å². The molecule has 6 heteroatoms. The van der Waals surface area contributed by atoms with Crippen molar-refractivity contribution in [1.82, 2.24) is 0 Å². The van der Waals surface area contributed by atoms with Crippen LogP contribution in [-0.4, -0.2) is 6.61 Å². The molecule has 0 amide bonds. The van der Waals surface area contributed by atoms with Crippen LogP contribution in [0.1, 0.15) is 5.56 Å². The first-order valence-corrected chi connectivity index (χ1v) is 10.4. The maximum Gasteiger partial charge on any atom is 0.351 e. The van der Waals surface area contributed by atoms with Crippen LogP contribution in [0.4, 0.5) is 0 Å². The van der Waals surface area contributed by atoms with Gasteiger partial charge in [-0.05, 0) is 29.0 Å². The predicted octanol–water partition coefficient (Wildman–Crippen LogP) is 5.23. The lowest BCUT2D eigenvalue weighted by Gasteiger charge is -2.11. The van der Waals surface area contributed by atoms with Crippen molar-refractivity contribution in [2.45, 2.75) is 6.42 Å². The molecule has 0 atom stereocenters. The number of rotatable bonds is 1. The van der Waals surface area contributed by atoms with Crippen LogP contribution < -0.4 is 16.0 Å². The summed E-state index contributed by atoms with van der Waals surface area (Å²) in [5, 5.41) is 4.42. The van der Waals surface area contributed by atoms with Crippen LogP contribution in [0.15, 0.2) is 78.4 Å². The van der Waals surface area contributed by atoms with E-state index < -0.39 is 11.3 Å². The summed E-state index contributed by atoms with van der Waals surface area (Å²) in [6.45, 7) is 0.408. The zero-order chi connectivity index (χ0) is 20.2. The van der Waals surface area contributed by atoms with Crippen LogP contribution in [0.25, 0.3) is 43.5 Å². The Labute approximate surface area is 173 Å². The Balaban J connectivity index is 1.72. The lowest BCUT2D eigenvalue weighted by atomic mass is 9.98. The van der Waals surface area contributed by atoms with Gasteiger partial charge in [0.25, 0.3) is 0 Å². The molecule has 1 aliphatic heterocycles. The molecule has 0 radical (unpaired) electrons. The van der Waals surface area contributed by atoms with Gasteiger partial charge in [-0.3, -0.25) is 0 Å². The zero-order valence-electron chi connectivity index (χ0n) is 15.6. The summed E-state index contributed by atoms with van der Waals surface area (Å²) in [6.07, 6.45) is 0.506. The molecule has 0 saturated carbocycles. The van der Waals surface area contributed by atoms with Gasteiger partial charge in [0, 0.05) is 22.8 Å². The molecule has 0 bridgehead atoms. The van der Waals surface area contributed by atoms with E-state index in [4.69, 9.17) is 13.6 Å². The molecule has 4 heterocycles. The van der Waals surface area contributed by atoms with Gasteiger partial charge in [-0.2, -0.15) is 0 Å². The van der Waals surface area contributed by atoms with Gasteiger partial charge in [0.15, 0.2) is 5.39 Å². The van der Waals surface area contributed by atoms with Crippen LogP contribution in [0, 0.1) is 0 Å². The number of hydrogen-bond donors (Lipinski definition) is 0. The second-order valence-corrected chi connectivity index (χ2v) is 8.07. The molecule has 5 nitrogen and oxygen atoms in total. The third kappa shape index (κ3) is 2.47. The van der Waals surface area contributed by atoms with Gasteiger partial charge in [-0.15, -0.1) is 11.3 Å². The molecule has 0 N–H and O–H groups in total. The molecular formula is C24H14O5S. The van der Waals surface area contributed by atoms with Gasteiger partial charge >= 0.3 is 11.3 Å². The summed E-state index contributed by atoms with van der Waals surface area (Å²) in [7, 11) is 0. The van der Waals surface area contributed by atoms with E-state index >= 15 is 0 Å². The lowest BCUT2D eigenvalue weighted by Crippen LogP contribution is -2.14. The fourth-order valence-corrected chi connectivity index (χ4v) is 4.77. The van der Waals surface area contributed by atoms with Crippen molar-refractivity contribution < 1.29 is 13.6 Å². The quantitative estimate of drug-likeness (QED) is 0.376. The molecule has 0 saturated heterocycles. The van der Waals surface area contributed by atoms with E-state index in [-0.39, 0.29) is 5.39 Å². The Hall–Kier alpha value is -3.64. The summed E-state index contributed by atoms with van der Waals surface area (Å²) < 4.78 is 17.2. The molecule has 0 aliphatic carbocycles. The SMILES string of the molecule is O=c1oc(-c2cccs2)cc2c3c(oc(=O)c12)-c1ccc2ccccc2c1OCC3. The molecule has 3 aromatic heterocycles. The summed E-state index contributed by atoms with van der Waals surface area (Å²) >= 11 is 1.47. The highest BCUT2D eigenvalue weighted by Crippen LogP contribution is 2.41. The first kappa shape index (κ1) is 17.2. The van der Waals surface area contributed by atoms with E-state index in [1.807, 2.05) is 53.9 Å². The molecule has 5 aromatic rings. The topological polar surface area (TPSA) is 69.7 Å². The van der Waals surface area contributed by atoms with Crippen LogP contribution in [0.5, 0.6) is 5.75 Å². The third-order valence-electron chi connectivity index (χ3n) is 5.44. The van der Waals surface area contributed by atoms with Gasteiger partial charge in [0.05, 0.1) is 17.0 Å². The predicted molar refractivity (Wildman–Crippen MR) is 116 cm³/mol. The number of fused-ring (bicyclic) bond motifs is 7. The van der Waals surface area contributed by atoms with Gasteiger partial charge in [-0.25, -0.2) is 9.59 Å². The first-order valence-electron chi connectivity index (χ1n) is 9.53. The molecule has 0 unspecified atom stereocenters. The van der Waals surface area contributed by atoms with Gasteiger partial charge in [-0.1, -0.05) is 36.4 Å². The largest absolute Gasteiger partial charge is 0.492 e. The average molecular weight is 414 g/mol. The second kappa shape index (κ2) is 6.43. The molecular weight excluding hydrogens is 400 g/mol. The summed E-state index contributed by atoms with van der Waals surface area (Å²) in [6, 6.07) is 17.3. The highest BCUT2D eigenvalue weighted by molar-refractivity contribution is 7.13. The fourth-order valence-electron chi connectivity index (χ4n) is 4.09. The maximum atomic E-state index is 12.8. The Bertz CT molecular complexity index is 1560. The van der Waals surface area contributed by atoms with Gasteiger partial charge in [0.1, 0.15) is 17.3 Å². The molecule has 30 heavy (non-hydrogen) atoms. The summed E-state index contributed by atoms with van der Waals surface area (Å²) in [4.78, 5) is 26.3. The smallest absolute Gasteiger partial charge is 0.351 e. The van der Waals surface area contributed by atoms with E-state index in [0.717, 1.165) is 21.2 Å². The van der Waals surface area contributed by atoms with Gasteiger partial charge in [0.2, 0.25) is 0 Å². The molecule has 0 fully saturated rings. The van der Waals surface area contributed by atoms with E-state index in [0.29, 0.717) is 41.2 Å². The van der Waals surface area contributed by atoms with E-state index in [1.165, 1.54) is 11.3 Å². The Kier molecular flexibility index (Phi) is 3.70. The minimum atomic E-state index is -0.698. The molecule has 1 aliphatic rings. The monoisotopic (exact) mass is 414 g/mol. The zero-order valence-corrected chi connectivity index (χ0v) is 16.5. The Morgan fingerprint density at radius 2 is 1.73 bits per heavy atom. The number of benzene rings is 2. The van der Waals surface area contributed by atoms with Crippen molar-refractivity contribution in [2.24, 2.45) is 0 Å². The maximum absolute atomic E-state index is 12.8. The number of thiophene rings is 1. The standard InChI is InChI=1S/C24H14O5S/c25-23-20-17(12-18(28-23)19-6-3-11-30-19)15-9-10-27-21-14-5-2-1-4-13(14)7-8-16(21)22(15)29-24(20)26/h1-8,11-12H,9-10H2. The minimum Gasteiger partial charge on any atom is -0.492 e. The minimum absolute atomic E-state index is 0.0571. The third-order valence-corrected chi connectivity index (χ3v) is 6.32. The van der Waals surface area contributed by atoms with E-state index in [2.05, 4.69) is 0 Å². The van der Waals surface area contributed by atoms with E-state index in [9.17, 15) is 9.59 Å². The highest BCUT2D eigenvalue weighted by atomic mass is 32.1. The average Bonchev–Trinajstić information content (AvgIpc) is 3.23.